The van der Waals surface area contributed by atoms with Crippen LogP contribution in [0, 0.1) is 0 Å². The topological polar surface area (TPSA) is 95.1 Å². The Morgan fingerprint density at radius 3 is 2.50 bits per heavy atom. The SMILES string of the molecule is CC(C)c1ccc(OCc2nnc(SCC(=O)Nc3ccccc3C(F)(F)F)n2N)cc1. The number of para-hydroxylation sites is 1. The maximum absolute atomic E-state index is 13.0. The number of nitrogens with two attached hydrogens (primary N) is 1. The summed E-state index contributed by atoms with van der Waals surface area (Å²) >= 11 is 0.951. The van der Waals surface area contributed by atoms with Crippen LogP contribution >= 0.6 is 11.8 Å². The molecule has 1 aromatic heterocycles. The maximum atomic E-state index is 13.0. The molecule has 11 heteroatoms. The Morgan fingerprint density at radius 2 is 1.84 bits per heavy atom. The van der Waals surface area contributed by atoms with Crippen molar-refractivity contribution in [3.63, 3.8) is 0 Å². The van der Waals surface area contributed by atoms with E-state index in [0.29, 0.717) is 17.5 Å². The maximum Gasteiger partial charge on any atom is 0.418 e. The monoisotopic (exact) mass is 465 g/mol. The highest BCUT2D eigenvalue weighted by molar-refractivity contribution is 7.99. The predicted octanol–water partition coefficient (Wildman–Crippen LogP) is 4.44. The second-order valence-electron chi connectivity index (χ2n) is 7.16. The summed E-state index contributed by atoms with van der Waals surface area (Å²) < 4.78 is 46.0. The Hall–Kier alpha value is -3.21. The summed E-state index contributed by atoms with van der Waals surface area (Å²) in [6, 6.07) is 12.4. The van der Waals surface area contributed by atoms with Crippen LogP contribution < -0.4 is 15.9 Å². The first-order valence-corrected chi connectivity index (χ1v) is 10.6. The number of nitrogens with one attached hydrogen (secondary N) is 1. The number of alkyl halides is 3. The van der Waals surface area contributed by atoms with E-state index in [9.17, 15) is 18.0 Å². The van der Waals surface area contributed by atoms with Gasteiger partial charge in [0.25, 0.3) is 0 Å². The fourth-order valence-corrected chi connectivity index (χ4v) is 3.43. The summed E-state index contributed by atoms with van der Waals surface area (Å²) in [4.78, 5) is 12.1. The molecular formula is C21H22F3N5O2S. The van der Waals surface area contributed by atoms with Gasteiger partial charge in [-0.1, -0.05) is 49.9 Å². The van der Waals surface area contributed by atoms with Crippen molar-refractivity contribution in [2.75, 3.05) is 16.9 Å². The molecule has 7 nitrogen and oxygen atoms in total. The van der Waals surface area contributed by atoms with Gasteiger partial charge in [0.05, 0.1) is 17.0 Å². The number of carbonyl (C=O) groups excluding carboxylic acids is 1. The highest BCUT2D eigenvalue weighted by Crippen LogP contribution is 2.34. The Bertz CT molecular complexity index is 1070. The number of hydrogen-bond donors (Lipinski definition) is 2. The van der Waals surface area contributed by atoms with Gasteiger partial charge in [0, 0.05) is 0 Å². The zero-order valence-corrected chi connectivity index (χ0v) is 18.2. The van der Waals surface area contributed by atoms with Gasteiger partial charge in [-0.15, -0.1) is 10.2 Å². The molecule has 3 aromatic rings. The number of anilines is 1. The van der Waals surface area contributed by atoms with E-state index in [2.05, 4.69) is 29.4 Å². The van der Waals surface area contributed by atoms with Crippen molar-refractivity contribution in [1.82, 2.24) is 14.9 Å². The van der Waals surface area contributed by atoms with Crippen LogP contribution in [0.15, 0.2) is 53.7 Å². The molecule has 0 spiro atoms. The smallest absolute Gasteiger partial charge is 0.418 e. The highest BCUT2D eigenvalue weighted by Gasteiger charge is 2.33. The molecule has 2 aromatic carbocycles. The van der Waals surface area contributed by atoms with Crippen LogP contribution in [0.4, 0.5) is 18.9 Å². The van der Waals surface area contributed by atoms with Crippen molar-refractivity contribution in [2.45, 2.75) is 37.7 Å². The molecule has 1 heterocycles. The summed E-state index contributed by atoms with van der Waals surface area (Å²) in [7, 11) is 0. The lowest BCUT2D eigenvalue weighted by molar-refractivity contribution is -0.137. The molecule has 32 heavy (non-hydrogen) atoms. The lowest BCUT2D eigenvalue weighted by Crippen LogP contribution is -2.19. The second-order valence-corrected chi connectivity index (χ2v) is 8.10. The number of nitrogens with zero attached hydrogens (tertiary/aromatic N) is 3. The molecule has 0 saturated carbocycles. The number of ether oxygens (including phenoxy) is 1. The molecule has 170 valence electrons. The molecule has 0 aliphatic carbocycles. The normalized spacial score (nSPS) is 11.6. The van der Waals surface area contributed by atoms with Crippen LogP contribution in [0.2, 0.25) is 0 Å². The highest BCUT2D eigenvalue weighted by atomic mass is 32.2. The first-order valence-electron chi connectivity index (χ1n) is 9.66. The van der Waals surface area contributed by atoms with Crippen LogP contribution in [-0.4, -0.2) is 26.5 Å². The lowest BCUT2D eigenvalue weighted by atomic mass is 10.0. The van der Waals surface area contributed by atoms with E-state index in [4.69, 9.17) is 10.6 Å². The van der Waals surface area contributed by atoms with Gasteiger partial charge in [0.1, 0.15) is 12.4 Å². The fourth-order valence-electron chi connectivity index (χ4n) is 2.76. The number of thioether (sulfide) groups is 1. The quantitative estimate of drug-likeness (QED) is 0.377. The summed E-state index contributed by atoms with van der Waals surface area (Å²) in [5, 5.41) is 10.4. The Kier molecular flexibility index (Phi) is 7.29. The zero-order valence-electron chi connectivity index (χ0n) is 17.4. The van der Waals surface area contributed by atoms with Gasteiger partial charge < -0.3 is 15.9 Å². The van der Waals surface area contributed by atoms with Crippen molar-refractivity contribution >= 4 is 23.4 Å². The Morgan fingerprint density at radius 1 is 1.16 bits per heavy atom. The molecule has 0 aliphatic heterocycles. The molecule has 0 atom stereocenters. The van der Waals surface area contributed by atoms with Crippen molar-refractivity contribution in [2.24, 2.45) is 0 Å². The number of aromatic nitrogens is 3. The van der Waals surface area contributed by atoms with Crippen molar-refractivity contribution in [3.8, 4) is 5.75 Å². The molecule has 0 fully saturated rings. The van der Waals surface area contributed by atoms with Crippen LogP contribution in [0.25, 0.3) is 0 Å². The van der Waals surface area contributed by atoms with E-state index in [1.807, 2.05) is 24.3 Å². The first-order chi connectivity index (χ1) is 15.1. The predicted molar refractivity (Wildman–Crippen MR) is 116 cm³/mol. The molecule has 0 radical (unpaired) electrons. The van der Waals surface area contributed by atoms with Crippen LogP contribution in [0.1, 0.15) is 36.7 Å². The third-order valence-electron chi connectivity index (χ3n) is 4.49. The van der Waals surface area contributed by atoms with Crippen LogP contribution in [0.5, 0.6) is 5.75 Å². The Labute approximate surface area is 187 Å². The first kappa shape index (κ1) is 23.5. The molecule has 0 aliphatic rings. The molecular weight excluding hydrogens is 443 g/mol. The Balaban J connectivity index is 1.55. The second kappa shape index (κ2) is 9.94. The number of rotatable bonds is 8. The van der Waals surface area contributed by atoms with Crippen molar-refractivity contribution < 1.29 is 22.7 Å². The number of hydrogen-bond acceptors (Lipinski definition) is 6. The number of halogens is 3. The van der Waals surface area contributed by atoms with E-state index in [0.717, 1.165) is 17.8 Å². The van der Waals surface area contributed by atoms with E-state index in [1.165, 1.54) is 28.4 Å². The standard InChI is InChI=1S/C21H22F3N5O2S/c1-13(2)14-7-9-15(10-8-14)31-11-18-27-28-20(29(18)25)32-12-19(30)26-17-6-4-3-5-16(17)21(22,23)24/h3-10,13H,11-12,25H2,1-2H3,(H,26,30). The fraction of sp³-hybridized carbons (Fsp3) is 0.286. The van der Waals surface area contributed by atoms with Gasteiger partial charge in [0.15, 0.2) is 5.82 Å². The minimum absolute atomic E-state index is 0.0657. The lowest BCUT2D eigenvalue weighted by Gasteiger charge is -2.13. The van der Waals surface area contributed by atoms with Gasteiger partial charge in [0.2, 0.25) is 11.1 Å². The number of nitrogen functional groups attached to an aromatic ring is 1. The summed E-state index contributed by atoms with van der Waals surface area (Å²) in [6.45, 7) is 4.26. The average molecular weight is 466 g/mol. The van der Waals surface area contributed by atoms with Gasteiger partial charge in [-0.05, 0) is 35.7 Å². The van der Waals surface area contributed by atoms with E-state index >= 15 is 0 Å². The molecule has 1 amide bonds. The summed E-state index contributed by atoms with van der Waals surface area (Å²) in [5.41, 5.74) is -0.0345. The van der Waals surface area contributed by atoms with E-state index < -0.39 is 17.6 Å². The van der Waals surface area contributed by atoms with Crippen LogP contribution in [-0.2, 0) is 17.6 Å². The van der Waals surface area contributed by atoms with Gasteiger partial charge in [-0.25, -0.2) is 4.68 Å². The average Bonchev–Trinajstić information content (AvgIpc) is 3.10. The largest absolute Gasteiger partial charge is 0.486 e. The third kappa shape index (κ3) is 5.94. The molecule has 0 saturated heterocycles. The molecule has 3 rings (SSSR count). The van der Waals surface area contributed by atoms with E-state index in [1.54, 1.807) is 0 Å². The zero-order chi connectivity index (χ0) is 23.3. The number of carbonyl (C=O) groups is 1. The van der Waals surface area contributed by atoms with Gasteiger partial charge in [-0.3, -0.25) is 4.79 Å². The third-order valence-corrected chi connectivity index (χ3v) is 5.43. The van der Waals surface area contributed by atoms with Crippen molar-refractivity contribution in [3.05, 3.63) is 65.5 Å². The van der Waals surface area contributed by atoms with Gasteiger partial charge >= 0.3 is 6.18 Å². The summed E-state index contributed by atoms with van der Waals surface area (Å²) in [5.74, 6) is 6.54. The summed E-state index contributed by atoms with van der Waals surface area (Å²) in [6.07, 6.45) is -4.57. The van der Waals surface area contributed by atoms with E-state index in [-0.39, 0.29) is 23.2 Å². The minimum Gasteiger partial charge on any atom is -0.486 e. The molecule has 0 unspecified atom stereocenters. The van der Waals surface area contributed by atoms with Gasteiger partial charge in [-0.2, -0.15) is 13.2 Å². The molecule has 3 N–H and O–H groups in total. The number of benzene rings is 2. The van der Waals surface area contributed by atoms with Crippen LogP contribution in [0.3, 0.4) is 0 Å². The van der Waals surface area contributed by atoms with Crippen molar-refractivity contribution in [1.29, 1.82) is 0 Å². The molecule has 0 bridgehead atoms. The number of amides is 1. The minimum atomic E-state index is -4.57.